The molecule has 0 saturated heterocycles. The van der Waals surface area contributed by atoms with Gasteiger partial charge in [0.1, 0.15) is 0 Å². The molecule has 104 valence electrons. The van der Waals surface area contributed by atoms with Crippen molar-refractivity contribution < 1.29 is 4.79 Å². The summed E-state index contributed by atoms with van der Waals surface area (Å²) < 4.78 is 1.04. The summed E-state index contributed by atoms with van der Waals surface area (Å²) in [6.07, 6.45) is 2.13. The minimum Gasteiger partial charge on any atom is -0.294 e. The van der Waals surface area contributed by atoms with Crippen LogP contribution in [0.4, 0.5) is 0 Å². The van der Waals surface area contributed by atoms with Crippen LogP contribution in [0.1, 0.15) is 21.6 Å². The maximum absolute atomic E-state index is 12.4. The fraction of sp³-hybridized carbons (Fsp3) is 0.111. The van der Waals surface area contributed by atoms with Gasteiger partial charge in [-0.05, 0) is 47.5 Å². The number of rotatable bonds is 3. The van der Waals surface area contributed by atoms with Gasteiger partial charge in [0.2, 0.25) is 0 Å². The van der Waals surface area contributed by atoms with Crippen LogP contribution in [-0.4, -0.2) is 10.8 Å². The molecular formula is C18H14BrNO. The van der Waals surface area contributed by atoms with Crippen molar-refractivity contribution in [3.8, 4) is 0 Å². The average Bonchev–Trinajstić information content (AvgIpc) is 2.49. The molecule has 3 aromatic rings. The Morgan fingerprint density at radius 3 is 2.57 bits per heavy atom. The van der Waals surface area contributed by atoms with Gasteiger partial charge in [-0.1, -0.05) is 40.2 Å². The Kier molecular flexibility index (Phi) is 3.84. The highest BCUT2D eigenvalue weighted by molar-refractivity contribution is 9.10. The number of hydrogen-bond donors (Lipinski definition) is 0. The van der Waals surface area contributed by atoms with Crippen LogP contribution in [-0.2, 0) is 6.42 Å². The first kappa shape index (κ1) is 14.0. The van der Waals surface area contributed by atoms with Crippen LogP contribution in [0.15, 0.2) is 59.2 Å². The van der Waals surface area contributed by atoms with Crippen molar-refractivity contribution in [3.05, 3.63) is 76.0 Å². The van der Waals surface area contributed by atoms with E-state index in [2.05, 4.69) is 20.9 Å². The molecule has 0 atom stereocenters. The maximum atomic E-state index is 12.4. The predicted octanol–water partition coefficient (Wildman–Crippen LogP) is 4.73. The number of carbonyl (C=O) groups excluding carboxylic acids is 1. The van der Waals surface area contributed by atoms with Crippen molar-refractivity contribution >= 4 is 32.5 Å². The third-order valence-electron chi connectivity index (χ3n) is 3.44. The highest BCUT2D eigenvalue weighted by Gasteiger charge is 2.09. The lowest BCUT2D eigenvalue weighted by atomic mass is 10.0. The molecule has 0 unspecified atom stereocenters. The number of aryl methyl sites for hydroxylation is 1. The second kappa shape index (κ2) is 5.78. The summed E-state index contributed by atoms with van der Waals surface area (Å²) in [7, 11) is 0. The Bertz CT molecular complexity index is 809. The molecule has 2 nitrogen and oxygen atoms in total. The van der Waals surface area contributed by atoms with Crippen molar-refractivity contribution in [1.29, 1.82) is 0 Å². The largest absolute Gasteiger partial charge is 0.294 e. The molecule has 0 amide bonds. The van der Waals surface area contributed by atoms with E-state index in [1.807, 2.05) is 55.5 Å². The molecule has 0 bridgehead atoms. The lowest BCUT2D eigenvalue weighted by molar-refractivity contribution is 0.0992. The number of aromatic nitrogens is 1. The third-order valence-corrected chi connectivity index (χ3v) is 3.93. The van der Waals surface area contributed by atoms with Gasteiger partial charge in [0.15, 0.2) is 5.78 Å². The van der Waals surface area contributed by atoms with E-state index in [0.29, 0.717) is 6.42 Å². The van der Waals surface area contributed by atoms with Crippen LogP contribution in [0.25, 0.3) is 10.8 Å². The van der Waals surface area contributed by atoms with Crippen LogP contribution >= 0.6 is 15.9 Å². The van der Waals surface area contributed by atoms with E-state index >= 15 is 0 Å². The van der Waals surface area contributed by atoms with Gasteiger partial charge in [-0.15, -0.1) is 0 Å². The van der Waals surface area contributed by atoms with Crippen molar-refractivity contribution in [2.24, 2.45) is 0 Å². The number of fused-ring (bicyclic) bond motifs is 1. The Labute approximate surface area is 132 Å². The molecule has 0 aliphatic heterocycles. The van der Waals surface area contributed by atoms with Crippen LogP contribution in [0.5, 0.6) is 0 Å². The fourth-order valence-electron chi connectivity index (χ4n) is 2.26. The molecule has 1 aromatic heterocycles. The summed E-state index contributed by atoms with van der Waals surface area (Å²) in [4.78, 5) is 16.7. The number of nitrogens with zero attached hydrogens (tertiary/aromatic N) is 1. The van der Waals surface area contributed by atoms with Gasteiger partial charge in [-0.3, -0.25) is 9.78 Å². The zero-order chi connectivity index (χ0) is 14.8. The number of Topliss-reactive ketones (excluding diaryl/α,β-unsaturated/α-hetero) is 1. The third kappa shape index (κ3) is 3.19. The average molecular weight is 340 g/mol. The Morgan fingerprint density at radius 1 is 1.05 bits per heavy atom. The Balaban J connectivity index is 1.87. The van der Waals surface area contributed by atoms with E-state index in [1.165, 1.54) is 0 Å². The minimum atomic E-state index is 0.0937. The van der Waals surface area contributed by atoms with Crippen LogP contribution in [0, 0.1) is 6.92 Å². The van der Waals surface area contributed by atoms with Gasteiger partial charge in [0.05, 0.1) is 6.42 Å². The highest BCUT2D eigenvalue weighted by Crippen LogP contribution is 2.21. The molecule has 0 saturated carbocycles. The van der Waals surface area contributed by atoms with Gasteiger partial charge < -0.3 is 0 Å². The summed E-state index contributed by atoms with van der Waals surface area (Å²) in [6.45, 7) is 1.99. The van der Waals surface area contributed by atoms with Crippen LogP contribution in [0.3, 0.4) is 0 Å². The normalized spacial score (nSPS) is 10.8. The first-order valence-corrected chi connectivity index (χ1v) is 7.55. The first-order chi connectivity index (χ1) is 10.1. The van der Waals surface area contributed by atoms with Gasteiger partial charge in [0, 0.05) is 21.9 Å². The Hall–Kier alpha value is -2.00. The van der Waals surface area contributed by atoms with E-state index in [4.69, 9.17) is 0 Å². The molecule has 0 fully saturated rings. The number of halogens is 1. The molecule has 3 heteroatoms. The lowest BCUT2D eigenvalue weighted by Gasteiger charge is -2.04. The van der Waals surface area contributed by atoms with E-state index in [9.17, 15) is 4.79 Å². The zero-order valence-corrected chi connectivity index (χ0v) is 13.2. The van der Waals surface area contributed by atoms with Gasteiger partial charge in [-0.2, -0.15) is 0 Å². The summed E-state index contributed by atoms with van der Waals surface area (Å²) in [6, 6.07) is 15.7. The van der Waals surface area contributed by atoms with Gasteiger partial charge in [0.25, 0.3) is 0 Å². The standard InChI is InChI=1S/C18H14BrNO/c1-12-2-7-17(20-11-12)10-18(21)15-4-3-14-9-16(19)6-5-13(14)8-15/h2-9,11H,10H2,1H3. The molecule has 0 aliphatic rings. The molecule has 0 aliphatic carbocycles. The van der Waals surface area contributed by atoms with Crippen molar-refractivity contribution in [2.75, 3.05) is 0 Å². The molecule has 0 spiro atoms. The van der Waals surface area contributed by atoms with Gasteiger partial charge in [-0.25, -0.2) is 0 Å². The molecular weight excluding hydrogens is 326 g/mol. The topological polar surface area (TPSA) is 30.0 Å². The van der Waals surface area contributed by atoms with E-state index in [0.717, 1.165) is 32.1 Å². The van der Waals surface area contributed by atoms with Crippen molar-refractivity contribution in [3.63, 3.8) is 0 Å². The fourth-order valence-corrected chi connectivity index (χ4v) is 2.64. The van der Waals surface area contributed by atoms with Crippen LogP contribution in [0.2, 0.25) is 0 Å². The Morgan fingerprint density at radius 2 is 1.81 bits per heavy atom. The predicted molar refractivity (Wildman–Crippen MR) is 88.7 cm³/mol. The number of carbonyl (C=O) groups is 1. The minimum absolute atomic E-state index is 0.0937. The summed E-state index contributed by atoms with van der Waals surface area (Å²) in [5.41, 5.74) is 2.64. The summed E-state index contributed by atoms with van der Waals surface area (Å²) in [5, 5.41) is 2.19. The summed E-state index contributed by atoms with van der Waals surface area (Å²) >= 11 is 3.45. The number of hydrogen-bond acceptors (Lipinski definition) is 2. The molecule has 2 aromatic carbocycles. The maximum Gasteiger partial charge on any atom is 0.168 e. The number of benzene rings is 2. The summed E-state index contributed by atoms with van der Waals surface area (Å²) in [5.74, 6) is 0.0937. The SMILES string of the molecule is Cc1ccc(CC(=O)c2ccc3cc(Br)ccc3c2)nc1. The number of ketones is 1. The quantitative estimate of drug-likeness (QED) is 0.645. The molecule has 3 rings (SSSR count). The first-order valence-electron chi connectivity index (χ1n) is 6.76. The van der Waals surface area contributed by atoms with Crippen molar-refractivity contribution in [1.82, 2.24) is 4.98 Å². The molecule has 21 heavy (non-hydrogen) atoms. The second-order valence-corrected chi connectivity index (χ2v) is 6.05. The van der Waals surface area contributed by atoms with E-state index < -0.39 is 0 Å². The molecule has 1 heterocycles. The lowest BCUT2D eigenvalue weighted by Crippen LogP contribution is -2.05. The van der Waals surface area contributed by atoms with E-state index in [-0.39, 0.29) is 5.78 Å². The van der Waals surface area contributed by atoms with E-state index in [1.54, 1.807) is 6.20 Å². The smallest absolute Gasteiger partial charge is 0.168 e. The van der Waals surface area contributed by atoms with Gasteiger partial charge >= 0.3 is 0 Å². The second-order valence-electron chi connectivity index (χ2n) is 5.13. The highest BCUT2D eigenvalue weighted by atomic mass is 79.9. The molecule has 0 N–H and O–H groups in total. The molecule has 0 radical (unpaired) electrons. The van der Waals surface area contributed by atoms with Crippen molar-refractivity contribution in [2.45, 2.75) is 13.3 Å². The monoisotopic (exact) mass is 339 g/mol. The zero-order valence-electron chi connectivity index (χ0n) is 11.6. The van der Waals surface area contributed by atoms with Crippen LogP contribution < -0.4 is 0 Å². The number of pyridine rings is 1.